The van der Waals surface area contributed by atoms with E-state index >= 15 is 0 Å². The van der Waals surface area contributed by atoms with Gasteiger partial charge in [-0.25, -0.2) is 0 Å². The van der Waals surface area contributed by atoms with Gasteiger partial charge in [-0.05, 0) is 0 Å². The standard InChI is InChI=1S/C21H28.V/c1-7-9-17(5)11-12-19-13-14-20(16(3)4)21(15-19)18(6)10-8-2;/h5,7,9,11-16,18H,1,8,10H2,2-4,6H3;/b12-11-,17-9+;. The van der Waals surface area contributed by atoms with Crippen molar-refractivity contribution in [3.8, 4) is 0 Å². The van der Waals surface area contributed by atoms with Crippen LogP contribution >= 0.6 is 0 Å². The van der Waals surface area contributed by atoms with E-state index in [0.29, 0.717) is 11.8 Å². The average molecular weight is 331 g/mol. The second-order valence-corrected chi connectivity index (χ2v) is 6.50. The molecule has 0 amide bonds. The van der Waals surface area contributed by atoms with Crippen LogP contribution in [0, 0.1) is 0 Å². The predicted octanol–water partition coefficient (Wildman–Crippen LogP) is 6.19. The number of hydrogen-bond acceptors (Lipinski definition) is 0. The Hall–Kier alpha value is -1.11. The zero-order chi connectivity index (χ0) is 16.5. The maximum atomic E-state index is 3.75. The maximum absolute atomic E-state index is 3.75. The van der Waals surface area contributed by atoms with Gasteiger partial charge in [0.05, 0.1) is 0 Å². The van der Waals surface area contributed by atoms with Crippen LogP contribution in [0.25, 0.3) is 6.08 Å². The van der Waals surface area contributed by atoms with Crippen LogP contribution in [0.2, 0.25) is 0 Å². The van der Waals surface area contributed by atoms with Crippen molar-refractivity contribution in [3.05, 3.63) is 65.3 Å². The Morgan fingerprint density at radius 3 is 2.50 bits per heavy atom. The molecule has 1 heteroatoms. The van der Waals surface area contributed by atoms with Gasteiger partial charge in [0.1, 0.15) is 0 Å². The van der Waals surface area contributed by atoms with Crippen LogP contribution in [0.4, 0.5) is 0 Å². The van der Waals surface area contributed by atoms with Crippen molar-refractivity contribution in [2.24, 2.45) is 0 Å². The van der Waals surface area contributed by atoms with Gasteiger partial charge in [-0.1, -0.05) is 0 Å². The van der Waals surface area contributed by atoms with E-state index in [1.165, 1.54) is 29.5 Å². The van der Waals surface area contributed by atoms with Gasteiger partial charge in [0.25, 0.3) is 0 Å². The summed E-state index contributed by atoms with van der Waals surface area (Å²) in [5, 5.41) is 0. The van der Waals surface area contributed by atoms with E-state index < -0.39 is 0 Å². The van der Waals surface area contributed by atoms with E-state index in [0.717, 1.165) is 5.57 Å². The molecule has 0 aliphatic carbocycles. The van der Waals surface area contributed by atoms with Crippen LogP contribution in [0.1, 0.15) is 69.1 Å². The minimum atomic E-state index is 0.574. The molecule has 1 atom stereocenters. The molecule has 0 saturated heterocycles. The Balaban J connectivity index is 3.15. The van der Waals surface area contributed by atoms with Crippen LogP contribution in [-0.2, 0) is 17.0 Å². The number of benzene rings is 1. The minimum absolute atomic E-state index is 0.574. The zero-order valence-electron chi connectivity index (χ0n) is 14.3. The van der Waals surface area contributed by atoms with Gasteiger partial charge >= 0.3 is 145 Å². The van der Waals surface area contributed by atoms with E-state index in [9.17, 15) is 0 Å². The molecule has 1 aromatic rings. The molecule has 0 spiro atoms. The third kappa shape index (κ3) is 5.59. The van der Waals surface area contributed by atoms with E-state index in [-0.39, 0.29) is 0 Å². The molecule has 1 unspecified atom stereocenters. The molecule has 0 bridgehead atoms. The molecule has 1 aromatic carbocycles. The van der Waals surface area contributed by atoms with Crippen LogP contribution < -0.4 is 0 Å². The topological polar surface area (TPSA) is 0 Å². The van der Waals surface area contributed by atoms with Crippen molar-refractivity contribution in [2.45, 2.75) is 52.4 Å². The first kappa shape index (κ1) is 18.9. The molecule has 0 nitrogen and oxygen atoms in total. The molecule has 0 aromatic heterocycles. The first-order valence-corrected chi connectivity index (χ1v) is 8.96. The molecule has 0 fully saturated rings. The molecule has 0 radical (unpaired) electrons. The first-order chi connectivity index (χ1) is 10.5. The third-order valence-electron chi connectivity index (χ3n) is 3.91. The van der Waals surface area contributed by atoms with Crippen molar-refractivity contribution in [1.29, 1.82) is 0 Å². The Morgan fingerprint density at radius 2 is 1.95 bits per heavy atom. The molecule has 0 N–H and O–H groups in total. The van der Waals surface area contributed by atoms with E-state index in [1.807, 2.05) is 16.9 Å². The fraction of sp³-hybridized carbons (Fsp3) is 0.381. The van der Waals surface area contributed by atoms with E-state index in [4.69, 9.17) is 0 Å². The summed E-state index contributed by atoms with van der Waals surface area (Å²) in [6.07, 6.45) is 10.6. The molecular weight excluding hydrogens is 303 g/mol. The quantitative estimate of drug-likeness (QED) is 0.498. The second-order valence-electron chi connectivity index (χ2n) is 6.10. The Kier molecular flexibility index (Phi) is 8.45. The van der Waals surface area contributed by atoms with E-state index in [1.54, 1.807) is 0 Å². The fourth-order valence-electron chi connectivity index (χ4n) is 2.71. The molecule has 0 saturated carbocycles. The molecular formula is C21H28V. The van der Waals surface area contributed by atoms with Crippen LogP contribution in [0.15, 0.2) is 48.6 Å². The molecule has 117 valence electrons. The number of rotatable bonds is 8. The van der Waals surface area contributed by atoms with Crippen molar-refractivity contribution in [2.75, 3.05) is 0 Å². The van der Waals surface area contributed by atoms with Gasteiger partial charge in [-0.3, -0.25) is 0 Å². The summed E-state index contributed by atoms with van der Waals surface area (Å²) >= 11 is 2.50. The second kappa shape index (κ2) is 9.82. The Labute approximate surface area is 145 Å². The summed E-state index contributed by atoms with van der Waals surface area (Å²) in [7, 11) is 0. The first-order valence-electron chi connectivity index (χ1n) is 8.15. The molecule has 1 rings (SSSR count). The van der Waals surface area contributed by atoms with Crippen molar-refractivity contribution >= 4 is 10.8 Å². The molecule has 0 heterocycles. The normalized spacial score (nSPS) is 13.5. The van der Waals surface area contributed by atoms with Gasteiger partial charge < -0.3 is 0 Å². The van der Waals surface area contributed by atoms with E-state index in [2.05, 4.69) is 81.6 Å². The van der Waals surface area contributed by atoms with Crippen LogP contribution in [-0.4, -0.2) is 4.73 Å². The van der Waals surface area contributed by atoms with Gasteiger partial charge in [-0.15, -0.1) is 0 Å². The number of hydrogen-bond donors (Lipinski definition) is 0. The van der Waals surface area contributed by atoms with Gasteiger partial charge in [-0.2, -0.15) is 0 Å². The molecule has 0 aliphatic heterocycles. The summed E-state index contributed by atoms with van der Waals surface area (Å²) in [5.41, 5.74) is 5.42. The van der Waals surface area contributed by atoms with Crippen molar-refractivity contribution in [3.63, 3.8) is 0 Å². The average Bonchev–Trinajstić information content (AvgIpc) is 2.51. The Morgan fingerprint density at radius 1 is 1.23 bits per heavy atom. The van der Waals surface area contributed by atoms with Gasteiger partial charge in [0.2, 0.25) is 0 Å². The zero-order valence-corrected chi connectivity index (χ0v) is 15.7. The van der Waals surface area contributed by atoms with Crippen molar-refractivity contribution in [1.82, 2.24) is 0 Å². The monoisotopic (exact) mass is 331 g/mol. The molecule has 0 aliphatic rings. The van der Waals surface area contributed by atoms with Crippen LogP contribution in [0.5, 0.6) is 0 Å². The van der Waals surface area contributed by atoms with Gasteiger partial charge in [0, 0.05) is 0 Å². The summed E-state index contributed by atoms with van der Waals surface area (Å²) in [6, 6.07) is 6.89. The number of allylic oxidation sites excluding steroid dienone is 4. The predicted molar refractivity (Wildman–Crippen MR) is 97.2 cm³/mol. The SMILES string of the molecule is C=C/C=C([CH]=[V])/C=C\c1ccc(C(C)C)c(C(C)CCC)c1. The summed E-state index contributed by atoms with van der Waals surface area (Å²) in [6.45, 7) is 12.9. The van der Waals surface area contributed by atoms with Crippen molar-refractivity contribution < 1.29 is 17.0 Å². The van der Waals surface area contributed by atoms with Crippen LogP contribution in [0.3, 0.4) is 0 Å². The fourth-order valence-corrected chi connectivity index (χ4v) is 2.98. The summed E-state index contributed by atoms with van der Waals surface area (Å²) in [5.74, 6) is 1.19. The molecule has 22 heavy (non-hydrogen) atoms. The third-order valence-corrected chi connectivity index (χ3v) is 4.38. The summed E-state index contributed by atoms with van der Waals surface area (Å²) in [4.78, 5) is 0. The van der Waals surface area contributed by atoms with Gasteiger partial charge in [0.15, 0.2) is 0 Å². The Bertz CT molecular complexity index is 561. The summed E-state index contributed by atoms with van der Waals surface area (Å²) < 4.78 is 2.04.